The van der Waals surface area contributed by atoms with E-state index in [2.05, 4.69) is 16.9 Å². The number of nitrogens with zero attached hydrogens (tertiary/aromatic N) is 4. The van der Waals surface area contributed by atoms with Gasteiger partial charge in [0.1, 0.15) is 6.33 Å². The molecule has 8 heteroatoms. The van der Waals surface area contributed by atoms with Gasteiger partial charge in [0.2, 0.25) is 5.82 Å². The summed E-state index contributed by atoms with van der Waals surface area (Å²) in [6, 6.07) is 7.02. The zero-order valence-corrected chi connectivity index (χ0v) is 14.9. The number of benzene rings is 1. The second-order valence-electron chi connectivity index (χ2n) is 6.67. The standard InChI is InChI=1S/C19H21N4O4/c1-13-8-10-22(11-9-13)19-18(23(26)27)17(20-12-21-19)15-5-2-14(3-6-15)4-7-16(24)25/h2-3,5-6,12-13H,1,4,7-11H2,(H,24,25). The number of carboxylic acids is 1. The number of anilines is 1. The number of aliphatic carboxylic acids is 1. The van der Waals surface area contributed by atoms with Gasteiger partial charge in [0.25, 0.3) is 0 Å². The van der Waals surface area contributed by atoms with Gasteiger partial charge in [0.05, 0.1) is 4.92 Å². The Labute approximate surface area is 157 Å². The van der Waals surface area contributed by atoms with Crippen molar-refractivity contribution in [1.29, 1.82) is 0 Å². The Morgan fingerprint density at radius 1 is 1.26 bits per heavy atom. The first-order valence-electron chi connectivity index (χ1n) is 8.84. The molecular formula is C19H21N4O4. The number of carboxylic acid groups (broad SMARTS) is 1. The van der Waals surface area contributed by atoms with Crippen LogP contribution in [0, 0.1) is 23.0 Å². The molecule has 0 amide bonds. The Balaban J connectivity index is 1.92. The second kappa shape index (κ2) is 8.11. The van der Waals surface area contributed by atoms with Gasteiger partial charge in [-0.2, -0.15) is 0 Å². The van der Waals surface area contributed by atoms with Crippen LogP contribution in [0.15, 0.2) is 30.6 Å². The molecule has 3 rings (SSSR count). The molecule has 27 heavy (non-hydrogen) atoms. The third-order valence-electron chi connectivity index (χ3n) is 4.75. The number of hydrogen-bond acceptors (Lipinski definition) is 6. The third-order valence-corrected chi connectivity index (χ3v) is 4.75. The van der Waals surface area contributed by atoms with E-state index in [-0.39, 0.29) is 17.8 Å². The van der Waals surface area contributed by atoms with Crippen molar-refractivity contribution in [1.82, 2.24) is 9.97 Å². The van der Waals surface area contributed by atoms with E-state index in [1.807, 2.05) is 4.90 Å². The van der Waals surface area contributed by atoms with Crippen LogP contribution in [-0.2, 0) is 11.2 Å². The van der Waals surface area contributed by atoms with Crippen LogP contribution in [-0.4, -0.2) is 39.1 Å². The number of piperidine rings is 1. The summed E-state index contributed by atoms with van der Waals surface area (Å²) in [5.41, 5.74) is 1.64. The molecule has 0 unspecified atom stereocenters. The summed E-state index contributed by atoms with van der Waals surface area (Å²) < 4.78 is 0. The lowest BCUT2D eigenvalue weighted by molar-refractivity contribution is -0.383. The quantitative estimate of drug-likeness (QED) is 0.615. The van der Waals surface area contributed by atoms with E-state index >= 15 is 0 Å². The smallest absolute Gasteiger partial charge is 0.337 e. The summed E-state index contributed by atoms with van der Waals surface area (Å²) in [7, 11) is 0. The Hall–Kier alpha value is -3.03. The van der Waals surface area contributed by atoms with Crippen molar-refractivity contribution < 1.29 is 14.8 Å². The molecule has 0 spiro atoms. The molecule has 0 bridgehead atoms. The first-order chi connectivity index (χ1) is 13.0. The lowest BCUT2D eigenvalue weighted by Crippen LogP contribution is -2.34. The van der Waals surface area contributed by atoms with Gasteiger partial charge in [-0.25, -0.2) is 9.97 Å². The Bertz CT molecular complexity index is 830. The van der Waals surface area contributed by atoms with E-state index in [1.165, 1.54) is 6.33 Å². The summed E-state index contributed by atoms with van der Waals surface area (Å²) >= 11 is 0. The predicted molar refractivity (Wildman–Crippen MR) is 100 cm³/mol. The monoisotopic (exact) mass is 369 g/mol. The van der Waals surface area contributed by atoms with E-state index in [4.69, 9.17) is 5.11 Å². The van der Waals surface area contributed by atoms with Crippen LogP contribution in [0.3, 0.4) is 0 Å². The van der Waals surface area contributed by atoms with E-state index < -0.39 is 10.9 Å². The van der Waals surface area contributed by atoms with Gasteiger partial charge in [-0.05, 0) is 30.7 Å². The van der Waals surface area contributed by atoms with Crippen molar-refractivity contribution in [3.63, 3.8) is 0 Å². The van der Waals surface area contributed by atoms with E-state index in [0.717, 1.165) is 18.4 Å². The number of carbonyl (C=O) groups is 1. The lowest BCUT2D eigenvalue weighted by Gasteiger charge is -2.30. The highest BCUT2D eigenvalue weighted by Gasteiger charge is 2.29. The highest BCUT2D eigenvalue weighted by atomic mass is 16.6. The summed E-state index contributed by atoms with van der Waals surface area (Å²) in [6.45, 7) is 5.41. The number of aryl methyl sites for hydroxylation is 1. The third kappa shape index (κ3) is 4.39. The fraction of sp³-hybridized carbons (Fsp3) is 0.368. The molecule has 1 N–H and O–H groups in total. The normalized spacial score (nSPS) is 14.9. The molecule has 2 heterocycles. The van der Waals surface area contributed by atoms with Gasteiger partial charge in [-0.3, -0.25) is 14.9 Å². The molecule has 2 aromatic rings. The largest absolute Gasteiger partial charge is 0.481 e. The summed E-state index contributed by atoms with van der Waals surface area (Å²) in [4.78, 5) is 32.3. The molecule has 1 aliphatic rings. The predicted octanol–water partition coefficient (Wildman–Crippen LogP) is 3.12. The number of hydrogen-bond donors (Lipinski definition) is 1. The molecule has 1 aromatic heterocycles. The fourth-order valence-electron chi connectivity index (χ4n) is 3.21. The lowest BCUT2D eigenvalue weighted by atomic mass is 9.99. The van der Waals surface area contributed by atoms with Crippen molar-refractivity contribution >= 4 is 17.5 Å². The van der Waals surface area contributed by atoms with E-state index in [1.54, 1.807) is 24.3 Å². The van der Waals surface area contributed by atoms with Gasteiger partial charge in [-0.1, -0.05) is 31.2 Å². The maximum absolute atomic E-state index is 11.8. The SMILES string of the molecule is [CH2]C1CCN(c2ncnc(-c3ccc(CCC(=O)O)cc3)c2[N+](=O)[O-])CC1. The molecule has 1 radical (unpaired) electrons. The van der Waals surface area contributed by atoms with Crippen LogP contribution in [0.1, 0.15) is 24.8 Å². The fourth-order valence-corrected chi connectivity index (χ4v) is 3.21. The van der Waals surface area contributed by atoms with Crippen molar-refractivity contribution in [3.8, 4) is 11.3 Å². The average Bonchev–Trinajstić information content (AvgIpc) is 2.66. The van der Waals surface area contributed by atoms with Crippen molar-refractivity contribution in [3.05, 3.63) is 53.2 Å². The highest BCUT2D eigenvalue weighted by molar-refractivity contribution is 5.77. The van der Waals surface area contributed by atoms with E-state index in [0.29, 0.717) is 36.8 Å². The number of rotatable bonds is 6. The Morgan fingerprint density at radius 3 is 2.52 bits per heavy atom. The first-order valence-corrected chi connectivity index (χ1v) is 8.84. The molecule has 1 aliphatic heterocycles. The molecule has 1 aromatic carbocycles. The highest BCUT2D eigenvalue weighted by Crippen LogP contribution is 2.36. The summed E-state index contributed by atoms with van der Waals surface area (Å²) in [5.74, 6) is -0.159. The molecule has 1 saturated heterocycles. The van der Waals surface area contributed by atoms with Crippen molar-refractivity contribution in [2.24, 2.45) is 5.92 Å². The molecule has 8 nitrogen and oxygen atoms in total. The molecule has 141 valence electrons. The topological polar surface area (TPSA) is 109 Å². The average molecular weight is 369 g/mol. The Morgan fingerprint density at radius 2 is 1.93 bits per heavy atom. The van der Waals surface area contributed by atoms with Crippen molar-refractivity contribution in [2.75, 3.05) is 18.0 Å². The minimum Gasteiger partial charge on any atom is -0.481 e. The van der Waals surface area contributed by atoms with Crippen LogP contribution in [0.4, 0.5) is 11.5 Å². The van der Waals surface area contributed by atoms with Crippen LogP contribution in [0.2, 0.25) is 0 Å². The van der Waals surface area contributed by atoms with Crippen molar-refractivity contribution in [2.45, 2.75) is 25.7 Å². The molecule has 0 atom stereocenters. The summed E-state index contributed by atoms with van der Waals surface area (Å²) in [6.07, 6.45) is 3.54. The minimum atomic E-state index is -0.860. The second-order valence-corrected chi connectivity index (χ2v) is 6.67. The van der Waals surface area contributed by atoms with Gasteiger partial charge in [0.15, 0.2) is 5.69 Å². The maximum atomic E-state index is 11.8. The van der Waals surface area contributed by atoms with Gasteiger partial charge in [-0.15, -0.1) is 0 Å². The minimum absolute atomic E-state index is 0.0411. The van der Waals surface area contributed by atoms with Gasteiger partial charge in [0, 0.05) is 25.1 Å². The van der Waals surface area contributed by atoms with Gasteiger partial charge >= 0.3 is 11.7 Å². The molecule has 0 aliphatic carbocycles. The Kier molecular flexibility index (Phi) is 5.63. The van der Waals surface area contributed by atoms with E-state index in [9.17, 15) is 14.9 Å². The zero-order valence-electron chi connectivity index (χ0n) is 14.9. The molecular weight excluding hydrogens is 348 g/mol. The maximum Gasteiger partial charge on any atom is 0.337 e. The molecule has 1 fully saturated rings. The number of aromatic nitrogens is 2. The molecule has 0 saturated carbocycles. The first kappa shape index (κ1) is 18.8. The number of nitro groups is 1. The van der Waals surface area contributed by atoms with Gasteiger partial charge < -0.3 is 10.0 Å². The van der Waals surface area contributed by atoms with Crippen LogP contribution in [0.5, 0.6) is 0 Å². The van der Waals surface area contributed by atoms with Crippen LogP contribution < -0.4 is 4.90 Å². The van der Waals surface area contributed by atoms with Crippen LogP contribution >= 0.6 is 0 Å². The zero-order chi connectivity index (χ0) is 19.4. The summed E-state index contributed by atoms with van der Waals surface area (Å²) in [5, 5.41) is 20.6. The van der Waals surface area contributed by atoms with Crippen LogP contribution in [0.25, 0.3) is 11.3 Å².